The van der Waals surface area contributed by atoms with Gasteiger partial charge in [-0.2, -0.15) is 0 Å². The number of nitro groups is 1. The Morgan fingerprint density at radius 3 is 2.61 bits per heavy atom. The van der Waals surface area contributed by atoms with Crippen molar-refractivity contribution in [2.45, 2.75) is 19.9 Å². The quantitative estimate of drug-likeness (QED) is 0.459. The largest absolute Gasteiger partial charge is 0.326 e. The first kappa shape index (κ1) is 13.8. The van der Waals surface area contributed by atoms with E-state index in [9.17, 15) is 19.7 Å². The number of ketones is 1. The van der Waals surface area contributed by atoms with E-state index in [-0.39, 0.29) is 24.3 Å². The Morgan fingerprint density at radius 1 is 1.44 bits per heavy atom. The molecule has 1 rings (SSSR count). The van der Waals surface area contributed by atoms with Crippen LogP contribution in [-0.4, -0.2) is 16.6 Å². The zero-order valence-electron chi connectivity index (χ0n) is 9.80. The van der Waals surface area contributed by atoms with Crippen LogP contribution < -0.4 is 11.1 Å². The maximum atomic E-state index is 11.4. The molecule has 0 saturated carbocycles. The highest BCUT2D eigenvalue weighted by atomic mass is 16.6. The highest BCUT2D eigenvalue weighted by molar-refractivity contribution is 6.40. The number of rotatable bonds is 5. The molecule has 18 heavy (non-hydrogen) atoms. The van der Waals surface area contributed by atoms with E-state index in [1.54, 1.807) is 6.07 Å². The molecular weight excluding hydrogens is 238 g/mol. The van der Waals surface area contributed by atoms with Crippen molar-refractivity contribution in [3.63, 3.8) is 0 Å². The molecule has 1 aromatic rings. The Kier molecular flexibility index (Phi) is 4.50. The third-order valence-electron chi connectivity index (χ3n) is 2.32. The summed E-state index contributed by atoms with van der Waals surface area (Å²) >= 11 is 0. The molecule has 0 heterocycles. The lowest BCUT2D eigenvalue weighted by molar-refractivity contribution is -0.384. The second kappa shape index (κ2) is 5.87. The van der Waals surface area contributed by atoms with Gasteiger partial charge in [0.25, 0.3) is 11.6 Å². The number of amides is 1. The maximum absolute atomic E-state index is 11.4. The van der Waals surface area contributed by atoms with Gasteiger partial charge in [0.05, 0.1) is 4.92 Å². The first-order valence-corrected chi connectivity index (χ1v) is 5.31. The number of nitrogens with zero attached hydrogens (tertiary/aromatic N) is 1. The number of nitrogens with two attached hydrogens (primary N) is 1. The van der Waals surface area contributed by atoms with Gasteiger partial charge < -0.3 is 11.1 Å². The van der Waals surface area contributed by atoms with Gasteiger partial charge in [-0.15, -0.1) is 0 Å². The number of carbonyl (C=O) groups is 2. The second-order valence-electron chi connectivity index (χ2n) is 3.54. The van der Waals surface area contributed by atoms with Crippen LogP contribution in [0.25, 0.3) is 0 Å². The highest BCUT2D eigenvalue weighted by Crippen LogP contribution is 2.25. The summed E-state index contributed by atoms with van der Waals surface area (Å²) in [5.41, 5.74) is 5.65. The molecule has 0 spiro atoms. The molecule has 0 saturated heterocycles. The van der Waals surface area contributed by atoms with E-state index in [1.165, 1.54) is 19.1 Å². The summed E-state index contributed by atoms with van der Waals surface area (Å²) in [5.74, 6) is -1.49. The smallest absolute Gasteiger partial charge is 0.293 e. The molecule has 0 aliphatic heterocycles. The third kappa shape index (κ3) is 3.11. The molecule has 0 aromatic heterocycles. The topological polar surface area (TPSA) is 115 Å². The molecular formula is C11H13N3O4. The van der Waals surface area contributed by atoms with E-state index >= 15 is 0 Å². The van der Waals surface area contributed by atoms with E-state index in [0.717, 1.165) is 0 Å². The molecule has 0 bridgehead atoms. The van der Waals surface area contributed by atoms with Crippen molar-refractivity contribution >= 4 is 23.1 Å². The fourth-order valence-electron chi connectivity index (χ4n) is 1.31. The molecule has 0 aliphatic rings. The molecule has 7 nitrogen and oxygen atoms in total. The first-order chi connectivity index (χ1) is 8.49. The first-order valence-electron chi connectivity index (χ1n) is 5.31. The minimum Gasteiger partial charge on any atom is -0.326 e. The number of hydrogen-bond acceptors (Lipinski definition) is 5. The number of nitrogens with one attached hydrogen (secondary N) is 1. The van der Waals surface area contributed by atoms with Crippen LogP contribution in [0.15, 0.2) is 18.2 Å². The average molecular weight is 251 g/mol. The molecule has 1 amide bonds. The lowest BCUT2D eigenvalue weighted by Gasteiger charge is -2.06. The Bertz CT molecular complexity index is 499. The number of Topliss-reactive ketones (excluding diaryl/α,β-unsaturated/α-hetero) is 1. The van der Waals surface area contributed by atoms with E-state index in [2.05, 4.69) is 5.32 Å². The minimum absolute atomic E-state index is 0.0102. The van der Waals surface area contributed by atoms with Gasteiger partial charge in [-0.05, 0) is 11.6 Å². The molecule has 96 valence electrons. The van der Waals surface area contributed by atoms with Crippen LogP contribution >= 0.6 is 0 Å². The monoisotopic (exact) mass is 251 g/mol. The molecule has 1 aromatic carbocycles. The van der Waals surface area contributed by atoms with Crippen molar-refractivity contribution in [3.8, 4) is 0 Å². The second-order valence-corrected chi connectivity index (χ2v) is 3.54. The van der Waals surface area contributed by atoms with Crippen molar-refractivity contribution in [1.82, 2.24) is 0 Å². The van der Waals surface area contributed by atoms with Crippen LogP contribution in [0.5, 0.6) is 0 Å². The number of benzene rings is 1. The zero-order chi connectivity index (χ0) is 13.7. The number of carbonyl (C=O) groups excluding carboxylic acids is 2. The molecule has 0 atom stereocenters. The van der Waals surface area contributed by atoms with Crippen molar-refractivity contribution in [2.24, 2.45) is 5.73 Å². The van der Waals surface area contributed by atoms with Gasteiger partial charge in [-0.25, -0.2) is 0 Å². The van der Waals surface area contributed by atoms with Gasteiger partial charge in [0.15, 0.2) is 0 Å². The molecule has 7 heteroatoms. The lowest BCUT2D eigenvalue weighted by Crippen LogP contribution is -2.22. The SMILES string of the molecule is CCC(=O)C(=O)Nc1ccc(CN)cc1[N+](=O)[O-]. The fraction of sp³-hybridized carbons (Fsp3) is 0.273. The predicted molar refractivity (Wildman–Crippen MR) is 64.9 cm³/mol. The van der Waals surface area contributed by atoms with E-state index < -0.39 is 16.6 Å². The standard InChI is InChI=1S/C11H13N3O4/c1-2-10(15)11(16)13-8-4-3-7(6-12)5-9(8)14(17)18/h3-5H,2,6,12H2,1H3,(H,13,16). The summed E-state index contributed by atoms with van der Waals surface area (Å²) in [6.45, 7) is 1.69. The van der Waals surface area contributed by atoms with Gasteiger partial charge >= 0.3 is 0 Å². The van der Waals surface area contributed by atoms with Crippen molar-refractivity contribution in [3.05, 3.63) is 33.9 Å². The summed E-state index contributed by atoms with van der Waals surface area (Å²) in [7, 11) is 0. The number of hydrogen-bond donors (Lipinski definition) is 2. The lowest BCUT2D eigenvalue weighted by atomic mass is 10.1. The number of nitro benzene ring substituents is 1. The average Bonchev–Trinajstić information content (AvgIpc) is 2.37. The summed E-state index contributed by atoms with van der Waals surface area (Å²) in [5, 5.41) is 13.1. The van der Waals surface area contributed by atoms with E-state index in [0.29, 0.717) is 5.56 Å². The van der Waals surface area contributed by atoms with Crippen LogP contribution in [0.1, 0.15) is 18.9 Å². The summed E-state index contributed by atoms with van der Waals surface area (Å²) in [4.78, 5) is 32.7. The Morgan fingerprint density at radius 2 is 2.11 bits per heavy atom. The predicted octanol–water partition coefficient (Wildman–Crippen LogP) is 0.971. The normalized spacial score (nSPS) is 9.89. The van der Waals surface area contributed by atoms with Gasteiger partial charge in [-0.3, -0.25) is 19.7 Å². The van der Waals surface area contributed by atoms with Crippen LogP contribution in [0.4, 0.5) is 11.4 Å². The molecule has 0 fully saturated rings. The van der Waals surface area contributed by atoms with E-state index in [1.807, 2.05) is 0 Å². The summed E-state index contributed by atoms with van der Waals surface area (Å²) in [6, 6.07) is 4.19. The van der Waals surface area contributed by atoms with Gasteiger partial charge in [0.2, 0.25) is 5.78 Å². The van der Waals surface area contributed by atoms with Gasteiger partial charge in [0, 0.05) is 19.0 Å². The van der Waals surface area contributed by atoms with E-state index in [4.69, 9.17) is 5.73 Å². The maximum Gasteiger partial charge on any atom is 0.293 e. The molecule has 0 aliphatic carbocycles. The highest BCUT2D eigenvalue weighted by Gasteiger charge is 2.19. The third-order valence-corrected chi connectivity index (χ3v) is 2.32. The minimum atomic E-state index is -0.860. The summed E-state index contributed by atoms with van der Waals surface area (Å²) < 4.78 is 0. The van der Waals surface area contributed by atoms with Crippen LogP contribution in [0, 0.1) is 10.1 Å². The molecule has 3 N–H and O–H groups in total. The van der Waals surface area contributed by atoms with Crippen LogP contribution in [0.3, 0.4) is 0 Å². The van der Waals surface area contributed by atoms with Crippen LogP contribution in [0.2, 0.25) is 0 Å². The van der Waals surface area contributed by atoms with Crippen LogP contribution in [-0.2, 0) is 16.1 Å². The molecule has 0 radical (unpaired) electrons. The van der Waals surface area contributed by atoms with Gasteiger partial charge in [-0.1, -0.05) is 13.0 Å². The van der Waals surface area contributed by atoms with Crippen molar-refractivity contribution < 1.29 is 14.5 Å². The number of anilines is 1. The summed E-state index contributed by atoms with van der Waals surface area (Å²) in [6.07, 6.45) is 0.0422. The Balaban J connectivity index is 3.05. The molecule has 0 unspecified atom stereocenters. The van der Waals surface area contributed by atoms with Crippen molar-refractivity contribution in [2.75, 3.05) is 5.32 Å². The fourth-order valence-corrected chi connectivity index (χ4v) is 1.31. The zero-order valence-corrected chi connectivity index (χ0v) is 9.80. The van der Waals surface area contributed by atoms with Gasteiger partial charge in [0.1, 0.15) is 5.69 Å². The van der Waals surface area contributed by atoms with Crippen molar-refractivity contribution in [1.29, 1.82) is 0 Å². The Labute approximate surface area is 103 Å². The Hall–Kier alpha value is -2.28.